The second-order valence-corrected chi connectivity index (χ2v) is 7.79. The van der Waals surface area contributed by atoms with Crippen molar-refractivity contribution in [3.05, 3.63) is 41.2 Å². The van der Waals surface area contributed by atoms with E-state index < -0.39 is 0 Å². The van der Waals surface area contributed by atoms with Crippen molar-refractivity contribution in [2.75, 3.05) is 18.4 Å². The van der Waals surface area contributed by atoms with E-state index in [9.17, 15) is 4.79 Å². The molecule has 4 rings (SSSR count). The monoisotopic (exact) mass is 383 g/mol. The zero-order chi connectivity index (χ0) is 18.8. The van der Waals surface area contributed by atoms with Gasteiger partial charge >= 0.3 is 0 Å². The smallest absolute Gasteiger partial charge is 0.279 e. The molecule has 3 heterocycles. The van der Waals surface area contributed by atoms with E-state index in [0.717, 1.165) is 36.5 Å². The lowest BCUT2D eigenvalue weighted by molar-refractivity contribution is 0.102. The Balaban J connectivity index is 1.46. The number of carbonyl (C=O) groups excluding carboxylic acids is 1. The summed E-state index contributed by atoms with van der Waals surface area (Å²) in [5.74, 6) is -0.321. The summed E-state index contributed by atoms with van der Waals surface area (Å²) in [5.41, 5.74) is 3.62. The fourth-order valence-corrected chi connectivity index (χ4v) is 4.01. The minimum Gasteiger partial charge on any atom is -0.317 e. The minimum atomic E-state index is -0.321. The number of aryl methyl sites for hydroxylation is 2. The molecule has 27 heavy (non-hydrogen) atoms. The first kappa shape index (κ1) is 17.7. The quantitative estimate of drug-likeness (QED) is 0.719. The van der Waals surface area contributed by atoms with Crippen LogP contribution in [0.4, 0.5) is 5.13 Å². The molecule has 0 radical (unpaired) electrons. The van der Waals surface area contributed by atoms with E-state index in [1.54, 1.807) is 10.9 Å². The molecule has 0 aliphatic carbocycles. The van der Waals surface area contributed by atoms with Gasteiger partial charge in [0.25, 0.3) is 5.91 Å². The molecule has 140 valence electrons. The summed E-state index contributed by atoms with van der Waals surface area (Å²) in [6.45, 7) is 6.01. The molecule has 0 unspecified atom stereocenters. The Morgan fingerprint density at radius 2 is 1.89 bits per heavy atom. The molecule has 1 aliphatic heterocycles. The molecule has 2 N–H and O–H groups in total. The first-order chi connectivity index (χ1) is 13.1. The number of carbonyl (C=O) groups is 1. The molecule has 3 aromatic rings. The Kier molecular flexibility index (Phi) is 4.95. The fraction of sp³-hybridized carbons (Fsp3) is 0.389. The van der Waals surface area contributed by atoms with Crippen molar-refractivity contribution in [1.29, 1.82) is 0 Å². The molecule has 1 aromatic carbocycles. The summed E-state index contributed by atoms with van der Waals surface area (Å²) in [6, 6.07) is 6.52. The third-order valence-electron chi connectivity index (χ3n) is 4.54. The number of benzene rings is 1. The topological polar surface area (TPSA) is 97.6 Å². The van der Waals surface area contributed by atoms with Crippen LogP contribution in [0.2, 0.25) is 0 Å². The molecule has 0 saturated carbocycles. The molecular formula is C18H21N7OS. The fourth-order valence-electron chi connectivity index (χ4n) is 3.28. The van der Waals surface area contributed by atoms with Crippen LogP contribution in [0.25, 0.3) is 10.6 Å². The maximum Gasteiger partial charge on any atom is 0.279 e. The van der Waals surface area contributed by atoms with Gasteiger partial charge in [-0.05, 0) is 51.9 Å². The lowest BCUT2D eigenvalue weighted by Crippen LogP contribution is -2.29. The van der Waals surface area contributed by atoms with Gasteiger partial charge in [0.2, 0.25) is 5.13 Å². The first-order valence-corrected chi connectivity index (χ1v) is 9.76. The lowest BCUT2D eigenvalue weighted by atomic mass is 10.1. The van der Waals surface area contributed by atoms with E-state index in [1.165, 1.54) is 22.5 Å². The maximum atomic E-state index is 12.5. The molecular weight excluding hydrogens is 362 g/mol. The van der Waals surface area contributed by atoms with Crippen LogP contribution >= 0.6 is 11.3 Å². The van der Waals surface area contributed by atoms with Gasteiger partial charge in [0.1, 0.15) is 5.01 Å². The summed E-state index contributed by atoms with van der Waals surface area (Å²) in [4.78, 5) is 12.5. The summed E-state index contributed by atoms with van der Waals surface area (Å²) in [5, 5.41) is 23.7. The van der Waals surface area contributed by atoms with Crippen LogP contribution in [-0.4, -0.2) is 44.2 Å². The Labute approximate surface area is 161 Å². The molecule has 1 saturated heterocycles. The Morgan fingerprint density at radius 3 is 2.63 bits per heavy atom. The molecule has 9 heteroatoms. The van der Waals surface area contributed by atoms with E-state index in [-0.39, 0.29) is 17.6 Å². The van der Waals surface area contributed by atoms with Crippen LogP contribution in [0.5, 0.6) is 0 Å². The predicted octanol–water partition coefficient (Wildman–Crippen LogP) is 2.59. The van der Waals surface area contributed by atoms with Gasteiger partial charge in [-0.3, -0.25) is 10.1 Å². The van der Waals surface area contributed by atoms with E-state index in [0.29, 0.717) is 5.13 Å². The van der Waals surface area contributed by atoms with Gasteiger partial charge in [0.15, 0.2) is 5.69 Å². The Bertz CT molecular complexity index is 938. The van der Waals surface area contributed by atoms with Crippen molar-refractivity contribution in [2.45, 2.75) is 32.7 Å². The molecule has 2 aromatic heterocycles. The average molecular weight is 383 g/mol. The number of amides is 1. The Morgan fingerprint density at radius 1 is 1.15 bits per heavy atom. The maximum absolute atomic E-state index is 12.5. The lowest BCUT2D eigenvalue weighted by Gasteiger charge is -2.21. The molecule has 1 aliphatic rings. The third-order valence-corrected chi connectivity index (χ3v) is 5.43. The van der Waals surface area contributed by atoms with Crippen LogP contribution < -0.4 is 10.6 Å². The van der Waals surface area contributed by atoms with Crippen LogP contribution in [-0.2, 0) is 0 Å². The minimum absolute atomic E-state index is 0.289. The average Bonchev–Trinajstić information content (AvgIpc) is 3.31. The molecule has 0 bridgehead atoms. The van der Waals surface area contributed by atoms with Crippen LogP contribution in [0.3, 0.4) is 0 Å². The van der Waals surface area contributed by atoms with Gasteiger partial charge in [-0.25, -0.2) is 4.68 Å². The molecule has 1 fully saturated rings. The highest BCUT2D eigenvalue weighted by Gasteiger charge is 2.19. The van der Waals surface area contributed by atoms with Crippen LogP contribution in [0.15, 0.2) is 24.4 Å². The molecule has 1 amide bonds. The second kappa shape index (κ2) is 7.53. The normalized spacial score (nSPS) is 15.0. The van der Waals surface area contributed by atoms with E-state index in [1.807, 2.05) is 13.8 Å². The van der Waals surface area contributed by atoms with Gasteiger partial charge in [0.05, 0.1) is 12.2 Å². The van der Waals surface area contributed by atoms with Crippen molar-refractivity contribution < 1.29 is 4.79 Å². The van der Waals surface area contributed by atoms with Crippen LogP contribution in [0, 0.1) is 13.8 Å². The van der Waals surface area contributed by atoms with Gasteiger partial charge < -0.3 is 5.32 Å². The van der Waals surface area contributed by atoms with Gasteiger partial charge in [0, 0.05) is 5.56 Å². The van der Waals surface area contributed by atoms with Crippen molar-refractivity contribution in [3.8, 4) is 10.6 Å². The van der Waals surface area contributed by atoms with Gasteiger partial charge in [-0.1, -0.05) is 33.7 Å². The number of nitrogens with zero attached hydrogens (tertiary/aromatic N) is 5. The third kappa shape index (κ3) is 4.04. The second-order valence-electron chi connectivity index (χ2n) is 6.81. The van der Waals surface area contributed by atoms with Crippen molar-refractivity contribution in [2.24, 2.45) is 0 Å². The summed E-state index contributed by atoms with van der Waals surface area (Å²) < 4.78 is 1.79. The summed E-state index contributed by atoms with van der Waals surface area (Å²) >= 11 is 1.34. The van der Waals surface area contributed by atoms with Crippen molar-refractivity contribution >= 4 is 22.4 Å². The summed E-state index contributed by atoms with van der Waals surface area (Å²) in [7, 11) is 0. The molecule has 0 spiro atoms. The van der Waals surface area contributed by atoms with E-state index in [4.69, 9.17) is 0 Å². The predicted molar refractivity (Wildman–Crippen MR) is 104 cm³/mol. The Hall–Kier alpha value is -2.65. The molecule has 0 atom stereocenters. The number of aromatic nitrogens is 5. The number of hydrogen-bond acceptors (Lipinski definition) is 7. The zero-order valence-corrected chi connectivity index (χ0v) is 16.1. The number of anilines is 1. The highest BCUT2D eigenvalue weighted by Crippen LogP contribution is 2.28. The highest BCUT2D eigenvalue weighted by molar-refractivity contribution is 7.18. The van der Waals surface area contributed by atoms with Crippen molar-refractivity contribution in [3.63, 3.8) is 0 Å². The number of rotatable bonds is 4. The number of piperidine rings is 1. The van der Waals surface area contributed by atoms with Crippen molar-refractivity contribution in [1.82, 2.24) is 30.5 Å². The largest absolute Gasteiger partial charge is 0.317 e. The van der Waals surface area contributed by atoms with E-state index in [2.05, 4.69) is 49.3 Å². The number of nitrogens with one attached hydrogen (secondary N) is 2. The van der Waals surface area contributed by atoms with Gasteiger partial charge in [-0.15, -0.1) is 15.3 Å². The standard InChI is InChI=1S/C18H21N7OS/c1-11-7-12(2)9-13(8-11)17-22-23-18(27-17)20-16(26)15-10-25(24-21-15)14-3-5-19-6-4-14/h7-10,14,19H,3-6H2,1-2H3,(H,20,23,26). The summed E-state index contributed by atoms with van der Waals surface area (Å²) in [6.07, 6.45) is 3.68. The van der Waals surface area contributed by atoms with Gasteiger partial charge in [-0.2, -0.15) is 0 Å². The van der Waals surface area contributed by atoms with E-state index >= 15 is 0 Å². The highest BCUT2D eigenvalue weighted by atomic mass is 32.1. The number of hydrogen-bond donors (Lipinski definition) is 2. The molecule has 8 nitrogen and oxygen atoms in total. The zero-order valence-electron chi connectivity index (χ0n) is 15.3. The van der Waals surface area contributed by atoms with Crippen LogP contribution in [0.1, 0.15) is 40.5 Å². The SMILES string of the molecule is Cc1cc(C)cc(-c2nnc(NC(=O)c3cn(C4CCNCC4)nn3)s2)c1. The first-order valence-electron chi connectivity index (χ1n) is 8.94.